The molecule has 0 amide bonds. The van der Waals surface area contributed by atoms with Gasteiger partial charge in [0, 0.05) is 44.7 Å². The first kappa shape index (κ1) is 14.7. The van der Waals surface area contributed by atoms with Gasteiger partial charge in [-0.1, -0.05) is 0 Å². The minimum Gasteiger partial charge on any atom is -0.392 e. The number of aliphatic hydroxyl groups excluding tert-OH is 1. The van der Waals surface area contributed by atoms with Crippen LogP contribution in [0.15, 0.2) is 12.3 Å². The summed E-state index contributed by atoms with van der Waals surface area (Å²) in [6.07, 6.45) is 2.99. The van der Waals surface area contributed by atoms with Gasteiger partial charge in [0.2, 0.25) is 0 Å². The molecule has 2 aliphatic rings. The molecule has 21 heavy (non-hydrogen) atoms. The van der Waals surface area contributed by atoms with Crippen molar-refractivity contribution in [2.24, 2.45) is 0 Å². The van der Waals surface area contributed by atoms with Crippen LogP contribution in [0.4, 0.5) is 10.2 Å². The van der Waals surface area contributed by atoms with Crippen LogP contribution in [-0.4, -0.2) is 48.1 Å². The van der Waals surface area contributed by atoms with E-state index in [1.807, 2.05) is 6.92 Å². The summed E-state index contributed by atoms with van der Waals surface area (Å²) in [7, 11) is 0. The molecule has 6 heteroatoms. The van der Waals surface area contributed by atoms with Gasteiger partial charge in [0.25, 0.3) is 0 Å². The quantitative estimate of drug-likeness (QED) is 0.896. The van der Waals surface area contributed by atoms with E-state index in [-0.39, 0.29) is 23.9 Å². The molecule has 1 aromatic rings. The van der Waals surface area contributed by atoms with Crippen LogP contribution in [0, 0.1) is 5.82 Å². The van der Waals surface area contributed by atoms with E-state index in [1.165, 1.54) is 6.20 Å². The number of rotatable bonds is 2. The lowest BCUT2D eigenvalue weighted by molar-refractivity contribution is -0.145. The molecule has 1 N–H and O–H groups in total. The van der Waals surface area contributed by atoms with Gasteiger partial charge in [-0.2, -0.15) is 0 Å². The van der Waals surface area contributed by atoms with Crippen molar-refractivity contribution in [2.75, 3.05) is 31.2 Å². The summed E-state index contributed by atoms with van der Waals surface area (Å²) in [5.74, 6) is 0.227. The number of hydrogen-bond donors (Lipinski definition) is 1. The molecule has 0 aliphatic carbocycles. The monoisotopic (exact) mass is 296 g/mol. The summed E-state index contributed by atoms with van der Waals surface area (Å²) in [6.45, 7) is 4.58. The summed E-state index contributed by atoms with van der Waals surface area (Å²) < 4.78 is 25.1. The predicted octanol–water partition coefficient (Wildman–Crippen LogP) is 1.49. The molecule has 0 saturated carbocycles. The number of morpholine rings is 1. The summed E-state index contributed by atoms with van der Waals surface area (Å²) in [6, 6.07) is 1.63. The maximum Gasteiger partial charge on any atom is 0.147 e. The summed E-state index contributed by atoms with van der Waals surface area (Å²) in [5, 5.41) is 9.21. The zero-order valence-corrected chi connectivity index (χ0v) is 12.2. The molecule has 0 bridgehead atoms. The Kier molecular flexibility index (Phi) is 4.10. The molecule has 3 heterocycles. The van der Waals surface area contributed by atoms with E-state index in [0.29, 0.717) is 25.6 Å². The fraction of sp³-hybridized carbons (Fsp3) is 0.667. The van der Waals surface area contributed by atoms with Gasteiger partial charge in [-0.25, -0.2) is 9.37 Å². The van der Waals surface area contributed by atoms with Gasteiger partial charge < -0.3 is 19.5 Å². The van der Waals surface area contributed by atoms with E-state index in [2.05, 4.69) is 9.88 Å². The molecule has 1 aromatic heterocycles. The molecule has 2 saturated heterocycles. The number of anilines is 1. The van der Waals surface area contributed by atoms with Gasteiger partial charge in [-0.3, -0.25) is 0 Å². The number of aromatic nitrogens is 1. The summed E-state index contributed by atoms with van der Waals surface area (Å²) in [5.41, 5.74) is 0.0749. The minimum absolute atomic E-state index is 0.0845. The highest BCUT2D eigenvalue weighted by Gasteiger charge is 2.41. The molecule has 2 aliphatic heterocycles. The van der Waals surface area contributed by atoms with E-state index in [9.17, 15) is 9.50 Å². The van der Waals surface area contributed by atoms with E-state index in [0.717, 1.165) is 19.4 Å². The van der Waals surface area contributed by atoms with Gasteiger partial charge in [0.05, 0.1) is 24.5 Å². The number of nitrogens with zero attached hydrogens (tertiary/aromatic N) is 2. The fourth-order valence-electron chi connectivity index (χ4n) is 3.18. The number of halogens is 1. The smallest absolute Gasteiger partial charge is 0.147 e. The molecule has 1 unspecified atom stereocenters. The number of ether oxygens (including phenoxy) is 2. The Morgan fingerprint density at radius 1 is 1.48 bits per heavy atom. The van der Waals surface area contributed by atoms with E-state index < -0.39 is 5.82 Å². The molecule has 116 valence electrons. The van der Waals surface area contributed by atoms with Crippen molar-refractivity contribution in [2.45, 2.75) is 38.1 Å². The Bertz CT molecular complexity index is 506. The molecule has 3 rings (SSSR count). The summed E-state index contributed by atoms with van der Waals surface area (Å²) >= 11 is 0. The van der Waals surface area contributed by atoms with E-state index in [1.54, 1.807) is 6.07 Å². The molecule has 1 atom stereocenters. The Hall–Kier alpha value is -1.24. The van der Waals surface area contributed by atoms with Crippen molar-refractivity contribution < 1.29 is 19.0 Å². The normalized spacial score (nSPS) is 25.3. The molecule has 2 fully saturated rings. The average molecular weight is 296 g/mol. The lowest BCUT2D eigenvalue weighted by Crippen LogP contribution is -2.57. The third kappa shape index (κ3) is 3.02. The van der Waals surface area contributed by atoms with Crippen LogP contribution < -0.4 is 4.90 Å². The van der Waals surface area contributed by atoms with Crippen LogP contribution in [0.1, 0.15) is 25.3 Å². The molecular formula is C15H21FN2O3. The average Bonchev–Trinajstić information content (AvgIpc) is 2.47. The highest BCUT2D eigenvalue weighted by Crippen LogP contribution is 2.33. The van der Waals surface area contributed by atoms with Crippen LogP contribution >= 0.6 is 0 Å². The van der Waals surface area contributed by atoms with Crippen LogP contribution in [0.5, 0.6) is 0 Å². The molecular weight excluding hydrogens is 275 g/mol. The largest absolute Gasteiger partial charge is 0.392 e. The SMILES string of the molecule is CC1CN(c2cc(CO)c(F)cn2)CC2(CCOCC2)O1. The highest BCUT2D eigenvalue weighted by atomic mass is 19.1. The van der Waals surface area contributed by atoms with Crippen molar-refractivity contribution >= 4 is 5.82 Å². The molecule has 0 aromatic carbocycles. The van der Waals surface area contributed by atoms with Crippen molar-refractivity contribution in [3.63, 3.8) is 0 Å². The lowest BCUT2D eigenvalue weighted by Gasteiger charge is -2.47. The van der Waals surface area contributed by atoms with Crippen LogP contribution in [-0.2, 0) is 16.1 Å². The molecule has 1 spiro atoms. The number of aliphatic hydroxyl groups is 1. The second-order valence-electron chi connectivity index (χ2n) is 5.90. The third-order valence-corrected chi connectivity index (χ3v) is 4.23. The first-order valence-corrected chi connectivity index (χ1v) is 7.38. The van der Waals surface area contributed by atoms with Crippen molar-refractivity contribution in [1.29, 1.82) is 0 Å². The number of pyridine rings is 1. The van der Waals surface area contributed by atoms with Crippen molar-refractivity contribution in [3.05, 3.63) is 23.6 Å². The Morgan fingerprint density at radius 2 is 2.24 bits per heavy atom. The van der Waals surface area contributed by atoms with Crippen molar-refractivity contribution in [3.8, 4) is 0 Å². The van der Waals surface area contributed by atoms with Crippen LogP contribution in [0.25, 0.3) is 0 Å². The number of hydrogen-bond acceptors (Lipinski definition) is 5. The summed E-state index contributed by atoms with van der Waals surface area (Å²) in [4.78, 5) is 6.30. The van der Waals surface area contributed by atoms with Gasteiger partial charge in [-0.05, 0) is 13.0 Å². The minimum atomic E-state index is -0.469. The highest BCUT2D eigenvalue weighted by molar-refractivity contribution is 5.42. The van der Waals surface area contributed by atoms with Gasteiger partial charge in [-0.15, -0.1) is 0 Å². The maximum atomic E-state index is 13.5. The zero-order chi connectivity index (χ0) is 14.9. The topological polar surface area (TPSA) is 54.8 Å². The molecule has 5 nitrogen and oxygen atoms in total. The van der Waals surface area contributed by atoms with Gasteiger partial charge >= 0.3 is 0 Å². The second-order valence-corrected chi connectivity index (χ2v) is 5.90. The first-order chi connectivity index (χ1) is 10.1. The van der Waals surface area contributed by atoms with E-state index in [4.69, 9.17) is 9.47 Å². The van der Waals surface area contributed by atoms with Crippen molar-refractivity contribution in [1.82, 2.24) is 4.98 Å². The Labute approximate surface area is 123 Å². The van der Waals surface area contributed by atoms with Crippen LogP contribution in [0.3, 0.4) is 0 Å². The lowest BCUT2D eigenvalue weighted by atomic mass is 9.91. The molecule has 0 radical (unpaired) electrons. The maximum absolute atomic E-state index is 13.5. The fourth-order valence-corrected chi connectivity index (χ4v) is 3.18. The van der Waals surface area contributed by atoms with E-state index >= 15 is 0 Å². The third-order valence-electron chi connectivity index (χ3n) is 4.23. The zero-order valence-electron chi connectivity index (χ0n) is 12.2. The Balaban J connectivity index is 1.84. The van der Waals surface area contributed by atoms with Gasteiger partial charge in [0.15, 0.2) is 0 Å². The second kappa shape index (κ2) is 5.87. The standard InChI is InChI=1S/C15H21FN2O3/c1-11-8-18(10-15(21-11)2-4-20-5-3-15)14-6-12(9-19)13(16)7-17-14/h6-7,11,19H,2-5,8-10H2,1H3. The van der Waals surface area contributed by atoms with Crippen LogP contribution in [0.2, 0.25) is 0 Å². The van der Waals surface area contributed by atoms with Gasteiger partial charge in [0.1, 0.15) is 11.6 Å². The predicted molar refractivity (Wildman–Crippen MR) is 75.7 cm³/mol. The Morgan fingerprint density at radius 3 is 2.95 bits per heavy atom. The first-order valence-electron chi connectivity index (χ1n) is 7.38.